The maximum atomic E-state index is 6.26. The molecule has 1 heterocycles. The number of nitrogens with zero attached hydrogens (tertiary/aromatic N) is 1. The van der Waals surface area contributed by atoms with Crippen molar-refractivity contribution in [2.75, 3.05) is 23.7 Å². The van der Waals surface area contributed by atoms with Crippen molar-refractivity contribution >= 4 is 23.0 Å². The highest BCUT2D eigenvalue weighted by molar-refractivity contribution is 6.34. The molecule has 94 valence electrons. The maximum absolute atomic E-state index is 6.26. The number of para-hydroxylation sites is 1. The third-order valence-electron chi connectivity index (χ3n) is 3.76. The van der Waals surface area contributed by atoms with Gasteiger partial charge in [0.25, 0.3) is 0 Å². The number of nitrogens with two attached hydrogens (primary N) is 1. The Kier molecular flexibility index (Phi) is 4.16. The van der Waals surface area contributed by atoms with Crippen LogP contribution >= 0.6 is 11.6 Å². The molecule has 0 bridgehead atoms. The van der Waals surface area contributed by atoms with Crippen molar-refractivity contribution in [2.24, 2.45) is 5.92 Å². The molecule has 0 radical (unpaired) electrons. The standard InChI is InChI=1S/C14H21ClN2/c1-2-11-5-4-9-17(10-8-11)14-12(15)6-3-7-13(14)16/h3,6-7,11H,2,4-5,8-10,16H2,1H3. The fourth-order valence-electron chi connectivity index (χ4n) is 2.66. The van der Waals surface area contributed by atoms with Gasteiger partial charge < -0.3 is 10.6 Å². The fraction of sp³-hybridized carbons (Fsp3) is 0.571. The van der Waals surface area contributed by atoms with E-state index < -0.39 is 0 Å². The molecule has 0 saturated carbocycles. The van der Waals surface area contributed by atoms with E-state index in [4.69, 9.17) is 17.3 Å². The van der Waals surface area contributed by atoms with Crippen molar-refractivity contribution in [3.05, 3.63) is 23.2 Å². The quantitative estimate of drug-likeness (QED) is 0.808. The molecule has 2 nitrogen and oxygen atoms in total. The molecule has 1 unspecified atom stereocenters. The van der Waals surface area contributed by atoms with Crippen molar-refractivity contribution in [1.29, 1.82) is 0 Å². The lowest BCUT2D eigenvalue weighted by atomic mass is 9.98. The van der Waals surface area contributed by atoms with Crippen LogP contribution in [0.3, 0.4) is 0 Å². The molecule has 1 aromatic carbocycles. The Bertz CT molecular complexity index is 358. The first kappa shape index (κ1) is 12.6. The highest BCUT2D eigenvalue weighted by Crippen LogP contribution is 2.34. The zero-order valence-electron chi connectivity index (χ0n) is 10.5. The van der Waals surface area contributed by atoms with E-state index in [-0.39, 0.29) is 0 Å². The molecule has 1 fully saturated rings. The average Bonchev–Trinajstić information content (AvgIpc) is 2.54. The van der Waals surface area contributed by atoms with Gasteiger partial charge in [0, 0.05) is 13.1 Å². The molecule has 3 heteroatoms. The highest BCUT2D eigenvalue weighted by Gasteiger charge is 2.19. The van der Waals surface area contributed by atoms with Gasteiger partial charge in [-0.3, -0.25) is 0 Å². The summed E-state index contributed by atoms with van der Waals surface area (Å²) in [5.41, 5.74) is 7.88. The molecule has 0 amide bonds. The Morgan fingerprint density at radius 3 is 2.88 bits per heavy atom. The zero-order chi connectivity index (χ0) is 12.3. The number of halogens is 1. The van der Waals surface area contributed by atoms with E-state index >= 15 is 0 Å². The molecule has 1 aliphatic rings. The van der Waals surface area contributed by atoms with Crippen LogP contribution in [-0.4, -0.2) is 13.1 Å². The number of benzene rings is 1. The van der Waals surface area contributed by atoms with E-state index in [1.807, 2.05) is 18.2 Å². The Hall–Kier alpha value is -0.890. The van der Waals surface area contributed by atoms with Crippen LogP contribution in [0.15, 0.2) is 18.2 Å². The second kappa shape index (κ2) is 5.63. The summed E-state index contributed by atoms with van der Waals surface area (Å²) in [6.07, 6.45) is 5.10. The van der Waals surface area contributed by atoms with E-state index in [1.165, 1.54) is 25.7 Å². The Labute approximate surface area is 109 Å². The highest BCUT2D eigenvalue weighted by atomic mass is 35.5. The molecule has 1 aromatic rings. The van der Waals surface area contributed by atoms with Crippen LogP contribution < -0.4 is 10.6 Å². The molecular weight excluding hydrogens is 232 g/mol. The first-order valence-electron chi connectivity index (χ1n) is 6.51. The van der Waals surface area contributed by atoms with E-state index in [0.717, 1.165) is 35.4 Å². The smallest absolute Gasteiger partial charge is 0.0789 e. The van der Waals surface area contributed by atoms with Gasteiger partial charge in [0.15, 0.2) is 0 Å². The molecule has 0 aliphatic carbocycles. The second-order valence-electron chi connectivity index (χ2n) is 4.87. The summed E-state index contributed by atoms with van der Waals surface area (Å²) < 4.78 is 0. The second-order valence-corrected chi connectivity index (χ2v) is 5.28. The van der Waals surface area contributed by atoms with Crippen LogP contribution in [0.1, 0.15) is 32.6 Å². The van der Waals surface area contributed by atoms with Gasteiger partial charge in [0.1, 0.15) is 0 Å². The first-order chi connectivity index (χ1) is 8.22. The van der Waals surface area contributed by atoms with Crippen molar-refractivity contribution in [1.82, 2.24) is 0 Å². The normalized spacial score (nSPS) is 21.3. The minimum atomic E-state index is 0.778. The fourth-order valence-corrected chi connectivity index (χ4v) is 2.96. The van der Waals surface area contributed by atoms with Crippen LogP contribution in [0.25, 0.3) is 0 Å². The van der Waals surface area contributed by atoms with Crippen molar-refractivity contribution in [3.8, 4) is 0 Å². The lowest BCUT2D eigenvalue weighted by molar-refractivity contribution is 0.459. The molecule has 1 atom stereocenters. The van der Waals surface area contributed by atoms with Crippen molar-refractivity contribution in [3.63, 3.8) is 0 Å². The molecule has 2 N–H and O–H groups in total. The Balaban J connectivity index is 2.17. The first-order valence-corrected chi connectivity index (χ1v) is 6.89. The van der Waals surface area contributed by atoms with E-state index in [9.17, 15) is 0 Å². The molecular formula is C14H21ClN2. The van der Waals surface area contributed by atoms with Crippen LogP contribution in [0, 0.1) is 5.92 Å². The largest absolute Gasteiger partial charge is 0.397 e. The van der Waals surface area contributed by atoms with Gasteiger partial charge in [-0.05, 0) is 37.3 Å². The van der Waals surface area contributed by atoms with Crippen LogP contribution in [0.4, 0.5) is 11.4 Å². The van der Waals surface area contributed by atoms with Gasteiger partial charge in [0.05, 0.1) is 16.4 Å². The molecule has 1 aliphatic heterocycles. The summed E-state index contributed by atoms with van der Waals surface area (Å²) >= 11 is 6.26. The van der Waals surface area contributed by atoms with Gasteiger partial charge in [-0.1, -0.05) is 31.0 Å². The third-order valence-corrected chi connectivity index (χ3v) is 4.06. The average molecular weight is 253 g/mol. The van der Waals surface area contributed by atoms with Gasteiger partial charge in [-0.15, -0.1) is 0 Å². The molecule has 0 spiro atoms. The van der Waals surface area contributed by atoms with Gasteiger partial charge >= 0.3 is 0 Å². The third kappa shape index (κ3) is 2.86. The summed E-state index contributed by atoms with van der Waals surface area (Å²) in [7, 11) is 0. The number of rotatable bonds is 2. The van der Waals surface area contributed by atoms with Crippen molar-refractivity contribution in [2.45, 2.75) is 32.6 Å². The topological polar surface area (TPSA) is 29.3 Å². The van der Waals surface area contributed by atoms with E-state index in [2.05, 4.69) is 11.8 Å². The minimum absolute atomic E-state index is 0.778. The number of hydrogen-bond acceptors (Lipinski definition) is 2. The predicted molar refractivity (Wildman–Crippen MR) is 75.7 cm³/mol. The van der Waals surface area contributed by atoms with Crippen molar-refractivity contribution < 1.29 is 0 Å². The molecule has 2 rings (SSSR count). The van der Waals surface area contributed by atoms with Gasteiger partial charge in [-0.25, -0.2) is 0 Å². The summed E-state index contributed by atoms with van der Waals surface area (Å²) in [6.45, 7) is 4.43. The SMILES string of the molecule is CCC1CCCN(c2c(N)cccc2Cl)CC1. The summed E-state index contributed by atoms with van der Waals surface area (Å²) in [5, 5.41) is 0.778. The Morgan fingerprint density at radius 2 is 2.18 bits per heavy atom. The van der Waals surface area contributed by atoms with Gasteiger partial charge in [-0.2, -0.15) is 0 Å². The summed E-state index contributed by atoms with van der Waals surface area (Å²) in [6, 6.07) is 5.77. The summed E-state index contributed by atoms with van der Waals surface area (Å²) in [4.78, 5) is 2.35. The van der Waals surface area contributed by atoms with Gasteiger partial charge in [0.2, 0.25) is 0 Å². The lowest BCUT2D eigenvalue weighted by Gasteiger charge is -2.25. The predicted octanol–water partition coefficient (Wildman–Crippen LogP) is 3.94. The Morgan fingerprint density at radius 1 is 1.35 bits per heavy atom. The molecule has 1 saturated heterocycles. The van der Waals surface area contributed by atoms with Crippen LogP contribution in [-0.2, 0) is 0 Å². The lowest BCUT2D eigenvalue weighted by Crippen LogP contribution is -2.25. The summed E-state index contributed by atoms with van der Waals surface area (Å²) in [5.74, 6) is 0.865. The number of nitrogen functional groups attached to an aromatic ring is 1. The van der Waals surface area contributed by atoms with E-state index in [0.29, 0.717) is 0 Å². The maximum Gasteiger partial charge on any atom is 0.0789 e. The number of anilines is 2. The van der Waals surface area contributed by atoms with E-state index in [1.54, 1.807) is 0 Å². The molecule has 17 heavy (non-hydrogen) atoms. The molecule has 0 aromatic heterocycles. The zero-order valence-corrected chi connectivity index (χ0v) is 11.2. The minimum Gasteiger partial charge on any atom is -0.397 e. The monoisotopic (exact) mass is 252 g/mol. The van der Waals surface area contributed by atoms with Crippen LogP contribution in [0.5, 0.6) is 0 Å². The number of hydrogen-bond donors (Lipinski definition) is 1. The van der Waals surface area contributed by atoms with Crippen LogP contribution in [0.2, 0.25) is 5.02 Å².